The van der Waals surface area contributed by atoms with Gasteiger partial charge in [0.05, 0.1) is 16.9 Å². The number of sulfonamides is 1. The SMILES string of the molecule is Cc1cc(NC(=O)c2ccc(NS(=O)(=O)CC[OH2+])cc2N2CCC3(CC2)CC3)nc(N2CCC(F)(F)CC2)n1. The van der Waals surface area contributed by atoms with Gasteiger partial charge in [-0.3, -0.25) is 9.52 Å². The van der Waals surface area contributed by atoms with Gasteiger partial charge in [-0.15, -0.1) is 0 Å². The zero-order valence-corrected chi connectivity index (χ0v) is 22.8. The van der Waals surface area contributed by atoms with Crippen molar-refractivity contribution in [3.8, 4) is 0 Å². The molecule has 3 heterocycles. The van der Waals surface area contributed by atoms with Crippen LogP contribution in [0.2, 0.25) is 0 Å². The average Bonchev–Trinajstić information content (AvgIpc) is 3.62. The highest BCUT2D eigenvalue weighted by Gasteiger charge is 2.44. The van der Waals surface area contributed by atoms with Crippen molar-refractivity contribution >= 4 is 39.1 Å². The maximum atomic E-state index is 13.6. The van der Waals surface area contributed by atoms with Crippen LogP contribution in [0.1, 0.15) is 54.6 Å². The number of nitrogens with one attached hydrogen (secondary N) is 2. The van der Waals surface area contributed by atoms with E-state index in [9.17, 15) is 22.0 Å². The molecule has 0 radical (unpaired) electrons. The molecule has 3 aliphatic rings. The molecule has 2 saturated heterocycles. The Kier molecular flexibility index (Phi) is 7.40. The Morgan fingerprint density at radius 3 is 2.31 bits per heavy atom. The number of hydrogen-bond acceptors (Lipinski definition) is 7. The van der Waals surface area contributed by atoms with Gasteiger partial charge < -0.3 is 20.2 Å². The number of rotatable bonds is 8. The summed E-state index contributed by atoms with van der Waals surface area (Å²) in [5.41, 5.74) is 2.35. The minimum atomic E-state index is -3.68. The Hall–Kier alpha value is -3.06. The summed E-state index contributed by atoms with van der Waals surface area (Å²) in [6.45, 7) is 3.28. The number of halogens is 2. The molecule has 1 spiro atoms. The van der Waals surface area contributed by atoms with Crippen molar-refractivity contribution in [3.05, 3.63) is 35.5 Å². The summed E-state index contributed by atoms with van der Waals surface area (Å²) < 4.78 is 54.4. The predicted octanol–water partition coefficient (Wildman–Crippen LogP) is 3.12. The Morgan fingerprint density at radius 2 is 1.67 bits per heavy atom. The van der Waals surface area contributed by atoms with E-state index in [-0.39, 0.29) is 44.1 Å². The molecular formula is C26H35F2N6O4S+. The van der Waals surface area contributed by atoms with Gasteiger partial charge in [-0.2, -0.15) is 4.98 Å². The fourth-order valence-electron chi connectivity index (χ4n) is 5.29. The summed E-state index contributed by atoms with van der Waals surface area (Å²) in [6.07, 6.45) is 3.95. The number of hydrogen-bond donors (Lipinski definition) is 2. The molecule has 5 rings (SSSR count). The Balaban J connectivity index is 1.39. The van der Waals surface area contributed by atoms with Gasteiger partial charge in [0.15, 0.2) is 6.61 Å². The number of aromatic nitrogens is 2. The summed E-state index contributed by atoms with van der Waals surface area (Å²) >= 11 is 0. The lowest BCUT2D eigenvalue weighted by atomic mass is 9.93. The van der Waals surface area contributed by atoms with E-state index < -0.39 is 21.9 Å². The van der Waals surface area contributed by atoms with Gasteiger partial charge >= 0.3 is 0 Å². The molecule has 0 atom stereocenters. The third kappa shape index (κ3) is 6.57. The van der Waals surface area contributed by atoms with Crippen molar-refractivity contribution in [1.29, 1.82) is 0 Å². The van der Waals surface area contributed by atoms with E-state index in [1.165, 1.54) is 18.9 Å². The van der Waals surface area contributed by atoms with Crippen LogP contribution < -0.4 is 19.8 Å². The predicted molar refractivity (Wildman–Crippen MR) is 147 cm³/mol. The molecule has 1 aromatic heterocycles. The molecule has 3 fully saturated rings. The zero-order chi connectivity index (χ0) is 27.8. The number of nitrogens with zero attached hydrogens (tertiary/aromatic N) is 4. The van der Waals surface area contributed by atoms with Crippen LogP contribution in [0.4, 0.5) is 31.9 Å². The van der Waals surface area contributed by atoms with Gasteiger partial charge in [0.1, 0.15) is 11.6 Å². The van der Waals surface area contributed by atoms with Crippen molar-refractivity contribution < 1.29 is 27.1 Å². The summed E-state index contributed by atoms with van der Waals surface area (Å²) in [5, 5.41) is 10.1. The average molecular weight is 566 g/mol. The molecule has 13 heteroatoms. The van der Waals surface area contributed by atoms with Crippen LogP contribution >= 0.6 is 0 Å². The van der Waals surface area contributed by atoms with Crippen molar-refractivity contribution in [2.24, 2.45) is 5.41 Å². The fraction of sp³-hybridized carbons (Fsp3) is 0.577. The third-order valence-corrected chi connectivity index (χ3v) is 9.16. The van der Waals surface area contributed by atoms with E-state index in [4.69, 9.17) is 5.11 Å². The van der Waals surface area contributed by atoms with Gasteiger partial charge in [0.2, 0.25) is 16.0 Å². The van der Waals surface area contributed by atoms with Crippen LogP contribution in [0.5, 0.6) is 0 Å². The number of benzene rings is 1. The molecule has 1 aromatic carbocycles. The largest absolute Gasteiger partial charge is 0.445 e. The normalized spacial score (nSPS) is 20.1. The molecule has 1 saturated carbocycles. The molecule has 2 aromatic rings. The fourth-order valence-corrected chi connectivity index (χ4v) is 6.15. The second kappa shape index (κ2) is 10.5. The van der Waals surface area contributed by atoms with E-state index in [2.05, 4.69) is 24.9 Å². The van der Waals surface area contributed by atoms with Gasteiger partial charge in [-0.25, -0.2) is 22.2 Å². The van der Waals surface area contributed by atoms with Gasteiger partial charge in [-0.1, -0.05) is 0 Å². The minimum Gasteiger partial charge on any atom is -0.445 e. The standard InChI is InChI=1S/C26H34F2N6O4S/c1-18-16-22(31-24(29-18)34-12-8-26(27,28)9-13-34)30-23(36)20-3-2-19(32-39(37,38)15-14-35)17-21(20)33-10-6-25(4-5-25)7-11-33/h2-3,16-17,32,35H,4-15H2,1H3,(H,29,30,31,36)/p+1. The topological polar surface area (TPSA) is 130 Å². The Morgan fingerprint density at radius 1 is 1.00 bits per heavy atom. The quantitative estimate of drug-likeness (QED) is 0.471. The first-order valence-corrected chi connectivity index (χ1v) is 15.0. The molecular weight excluding hydrogens is 530 g/mol. The van der Waals surface area contributed by atoms with Gasteiger partial charge in [0, 0.05) is 50.8 Å². The van der Waals surface area contributed by atoms with Crippen molar-refractivity contribution in [1.82, 2.24) is 9.97 Å². The highest BCUT2D eigenvalue weighted by Crippen LogP contribution is 2.54. The van der Waals surface area contributed by atoms with E-state index in [1.807, 2.05) is 0 Å². The number of aryl methyl sites for hydroxylation is 1. The third-order valence-electron chi connectivity index (χ3n) is 7.87. The number of piperidine rings is 2. The monoisotopic (exact) mass is 565 g/mol. The van der Waals surface area contributed by atoms with Crippen LogP contribution in [0.25, 0.3) is 0 Å². The first kappa shape index (κ1) is 27.5. The zero-order valence-electron chi connectivity index (χ0n) is 22.0. The summed E-state index contributed by atoms with van der Waals surface area (Å²) in [6, 6.07) is 6.43. The van der Waals surface area contributed by atoms with E-state index in [1.54, 1.807) is 30.0 Å². The second-order valence-electron chi connectivity index (χ2n) is 10.9. The lowest BCUT2D eigenvalue weighted by Gasteiger charge is -2.35. The minimum absolute atomic E-state index is 0.127. The van der Waals surface area contributed by atoms with Gasteiger partial charge in [-0.05, 0) is 56.2 Å². The number of alkyl halides is 2. The first-order chi connectivity index (χ1) is 18.5. The van der Waals surface area contributed by atoms with Crippen molar-refractivity contribution in [2.45, 2.75) is 51.4 Å². The highest BCUT2D eigenvalue weighted by atomic mass is 32.2. The molecule has 10 nitrogen and oxygen atoms in total. The first-order valence-electron chi connectivity index (χ1n) is 13.3. The highest BCUT2D eigenvalue weighted by molar-refractivity contribution is 7.92. The number of carbonyl (C=O) groups excluding carboxylic acids is 1. The number of amides is 1. The Bertz CT molecular complexity index is 1330. The second-order valence-corrected chi connectivity index (χ2v) is 12.7. The van der Waals surface area contributed by atoms with E-state index in [0.717, 1.165) is 25.9 Å². The molecule has 0 bridgehead atoms. The van der Waals surface area contributed by atoms with Crippen LogP contribution in [0.3, 0.4) is 0 Å². The van der Waals surface area contributed by atoms with Crippen molar-refractivity contribution in [3.63, 3.8) is 0 Å². The Labute approximate surface area is 226 Å². The molecule has 212 valence electrons. The smallest absolute Gasteiger partial charge is 0.258 e. The molecule has 1 amide bonds. The lowest BCUT2D eigenvalue weighted by molar-refractivity contribution is -0.0222. The van der Waals surface area contributed by atoms with Crippen LogP contribution in [0.15, 0.2) is 24.3 Å². The van der Waals surface area contributed by atoms with Crippen LogP contribution in [-0.4, -0.2) is 73.9 Å². The maximum Gasteiger partial charge on any atom is 0.258 e. The summed E-state index contributed by atoms with van der Waals surface area (Å²) in [7, 11) is -3.68. The lowest BCUT2D eigenvalue weighted by Crippen LogP contribution is -2.40. The van der Waals surface area contributed by atoms with E-state index in [0.29, 0.717) is 34.0 Å². The number of carbonyl (C=O) groups is 1. The molecule has 4 N–H and O–H groups in total. The molecule has 1 aliphatic carbocycles. The number of anilines is 4. The maximum absolute atomic E-state index is 13.6. The van der Waals surface area contributed by atoms with Crippen LogP contribution in [0, 0.1) is 12.3 Å². The van der Waals surface area contributed by atoms with Crippen molar-refractivity contribution in [2.75, 3.05) is 58.4 Å². The van der Waals surface area contributed by atoms with E-state index >= 15 is 0 Å². The molecule has 2 aliphatic heterocycles. The summed E-state index contributed by atoms with van der Waals surface area (Å²) in [5.74, 6) is -2.86. The molecule has 0 unspecified atom stereocenters. The van der Waals surface area contributed by atoms with Gasteiger partial charge in [0.25, 0.3) is 11.8 Å². The van der Waals surface area contributed by atoms with Crippen LogP contribution in [-0.2, 0) is 10.0 Å². The summed E-state index contributed by atoms with van der Waals surface area (Å²) in [4.78, 5) is 26.2. The molecule has 39 heavy (non-hydrogen) atoms.